The van der Waals surface area contributed by atoms with Crippen LogP contribution in [-0.2, 0) is 4.79 Å². The Morgan fingerprint density at radius 2 is 1.42 bits per heavy atom. The molecule has 3 heteroatoms. The molecule has 0 spiro atoms. The first kappa shape index (κ1) is 24.9. The maximum Gasteiger partial charge on any atom is 0.303 e. The second-order valence-electron chi connectivity index (χ2n) is 7.32. The highest BCUT2D eigenvalue weighted by Crippen LogP contribution is 2.12. The molecule has 0 radical (unpaired) electrons. The molecule has 0 bridgehead atoms. The molecular weight excluding hydrogens is 324 g/mol. The maximum atomic E-state index is 10.4. The lowest BCUT2D eigenvalue weighted by Gasteiger charge is -2.07. The lowest BCUT2D eigenvalue weighted by atomic mass is 10.0. The van der Waals surface area contributed by atoms with Crippen LogP contribution in [0, 0.1) is 0 Å². The van der Waals surface area contributed by atoms with E-state index in [1.54, 1.807) is 0 Å². The van der Waals surface area contributed by atoms with Gasteiger partial charge in [-0.25, -0.2) is 0 Å². The minimum absolute atomic E-state index is 0.198. The SMILES string of the molecule is CCCCCC=CCC=CCC(O)CCCCCCCCCCC(=O)O. The second kappa shape index (κ2) is 20.2. The van der Waals surface area contributed by atoms with E-state index >= 15 is 0 Å². The van der Waals surface area contributed by atoms with E-state index in [2.05, 4.69) is 31.2 Å². The van der Waals surface area contributed by atoms with Crippen molar-refractivity contribution >= 4 is 5.97 Å². The highest BCUT2D eigenvalue weighted by Gasteiger charge is 2.01. The van der Waals surface area contributed by atoms with E-state index in [0.29, 0.717) is 6.42 Å². The van der Waals surface area contributed by atoms with Crippen molar-refractivity contribution in [3.8, 4) is 0 Å². The number of aliphatic hydroxyl groups is 1. The average Bonchev–Trinajstić information content (AvgIpc) is 2.61. The monoisotopic (exact) mass is 366 g/mol. The molecule has 0 aromatic carbocycles. The summed E-state index contributed by atoms with van der Waals surface area (Å²) in [6.07, 6.45) is 25.5. The number of hydrogen-bond acceptors (Lipinski definition) is 2. The Labute approximate surface area is 161 Å². The van der Waals surface area contributed by atoms with Crippen LogP contribution in [0.15, 0.2) is 24.3 Å². The van der Waals surface area contributed by atoms with Crippen molar-refractivity contribution < 1.29 is 15.0 Å². The summed E-state index contributed by atoms with van der Waals surface area (Å²) in [5.41, 5.74) is 0. The van der Waals surface area contributed by atoms with Crippen LogP contribution in [0.5, 0.6) is 0 Å². The molecular formula is C23H42O3. The minimum atomic E-state index is -0.683. The van der Waals surface area contributed by atoms with E-state index in [1.807, 2.05) is 0 Å². The van der Waals surface area contributed by atoms with E-state index in [1.165, 1.54) is 51.4 Å². The zero-order chi connectivity index (χ0) is 19.3. The van der Waals surface area contributed by atoms with Gasteiger partial charge in [0.2, 0.25) is 0 Å². The number of rotatable bonds is 19. The molecule has 0 saturated carbocycles. The largest absolute Gasteiger partial charge is 0.481 e. The summed E-state index contributed by atoms with van der Waals surface area (Å²) in [7, 11) is 0. The van der Waals surface area contributed by atoms with E-state index in [-0.39, 0.29) is 6.10 Å². The molecule has 0 amide bonds. The van der Waals surface area contributed by atoms with Gasteiger partial charge in [-0.15, -0.1) is 0 Å². The Morgan fingerprint density at radius 3 is 2.08 bits per heavy atom. The van der Waals surface area contributed by atoms with Gasteiger partial charge in [-0.1, -0.05) is 89.0 Å². The summed E-state index contributed by atoms with van der Waals surface area (Å²) in [5.74, 6) is -0.683. The molecule has 0 aliphatic carbocycles. The van der Waals surface area contributed by atoms with Gasteiger partial charge in [0.05, 0.1) is 6.10 Å². The van der Waals surface area contributed by atoms with Gasteiger partial charge in [0, 0.05) is 6.42 Å². The molecule has 0 aromatic rings. The number of allylic oxidation sites excluding steroid dienone is 3. The second-order valence-corrected chi connectivity index (χ2v) is 7.32. The van der Waals surface area contributed by atoms with Gasteiger partial charge in [0.1, 0.15) is 0 Å². The molecule has 152 valence electrons. The first-order valence-corrected chi connectivity index (χ1v) is 10.9. The van der Waals surface area contributed by atoms with Crippen molar-refractivity contribution in [1.82, 2.24) is 0 Å². The molecule has 2 N–H and O–H groups in total. The fourth-order valence-electron chi connectivity index (χ4n) is 2.99. The summed E-state index contributed by atoms with van der Waals surface area (Å²) in [4.78, 5) is 10.4. The highest BCUT2D eigenvalue weighted by molar-refractivity contribution is 5.66. The molecule has 3 nitrogen and oxygen atoms in total. The molecule has 1 atom stereocenters. The molecule has 26 heavy (non-hydrogen) atoms. The minimum Gasteiger partial charge on any atom is -0.481 e. The Morgan fingerprint density at radius 1 is 0.808 bits per heavy atom. The number of carbonyl (C=O) groups is 1. The summed E-state index contributed by atoms with van der Waals surface area (Å²) in [6, 6.07) is 0. The highest BCUT2D eigenvalue weighted by atomic mass is 16.4. The van der Waals surface area contributed by atoms with E-state index in [0.717, 1.165) is 44.9 Å². The van der Waals surface area contributed by atoms with Gasteiger partial charge >= 0.3 is 5.97 Å². The Kier molecular flexibility index (Phi) is 19.4. The molecule has 0 saturated heterocycles. The van der Waals surface area contributed by atoms with E-state index < -0.39 is 5.97 Å². The zero-order valence-corrected chi connectivity index (χ0v) is 17.0. The van der Waals surface area contributed by atoms with Crippen molar-refractivity contribution in [2.45, 2.75) is 116 Å². The Balaban J connectivity index is 3.32. The zero-order valence-electron chi connectivity index (χ0n) is 17.0. The molecule has 0 fully saturated rings. The lowest BCUT2D eigenvalue weighted by molar-refractivity contribution is -0.137. The summed E-state index contributed by atoms with van der Waals surface area (Å²) in [5, 5.41) is 18.5. The Bertz CT molecular complexity index is 360. The van der Waals surface area contributed by atoms with Gasteiger partial charge in [0.15, 0.2) is 0 Å². The van der Waals surface area contributed by atoms with Gasteiger partial charge < -0.3 is 10.2 Å². The third-order valence-corrected chi connectivity index (χ3v) is 4.67. The first-order valence-electron chi connectivity index (χ1n) is 10.9. The van der Waals surface area contributed by atoms with Crippen LogP contribution in [-0.4, -0.2) is 22.3 Å². The third-order valence-electron chi connectivity index (χ3n) is 4.67. The first-order chi connectivity index (χ1) is 12.7. The summed E-state index contributed by atoms with van der Waals surface area (Å²) >= 11 is 0. The topological polar surface area (TPSA) is 57.5 Å². The predicted octanol–water partition coefficient (Wildman–Crippen LogP) is 6.81. The van der Waals surface area contributed by atoms with Crippen LogP contribution in [0.2, 0.25) is 0 Å². The molecule has 0 aromatic heterocycles. The van der Waals surface area contributed by atoms with Crippen molar-refractivity contribution in [2.75, 3.05) is 0 Å². The number of carboxylic acids is 1. The lowest BCUT2D eigenvalue weighted by Crippen LogP contribution is -2.04. The van der Waals surface area contributed by atoms with Gasteiger partial charge in [-0.05, 0) is 38.5 Å². The smallest absolute Gasteiger partial charge is 0.303 e. The van der Waals surface area contributed by atoms with E-state index in [4.69, 9.17) is 5.11 Å². The number of aliphatic hydroxyl groups excluding tert-OH is 1. The fraction of sp³-hybridized carbons (Fsp3) is 0.783. The third kappa shape index (κ3) is 21.0. The standard InChI is InChI=1S/C23H42O3/c1-2-3-4-5-6-7-10-13-16-19-22(24)20-17-14-11-8-9-12-15-18-21-23(25)26/h6-7,13,16,22,24H,2-5,8-12,14-15,17-21H2,1H3,(H,25,26). The molecule has 0 aliphatic heterocycles. The fourth-order valence-corrected chi connectivity index (χ4v) is 2.99. The number of hydrogen-bond donors (Lipinski definition) is 2. The molecule has 1 unspecified atom stereocenters. The van der Waals surface area contributed by atoms with Crippen LogP contribution in [0.1, 0.15) is 110 Å². The van der Waals surface area contributed by atoms with Crippen LogP contribution < -0.4 is 0 Å². The van der Waals surface area contributed by atoms with Crippen molar-refractivity contribution in [1.29, 1.82) is 0 Å². The number of carboxylic acid groups (broad SMARTS) is 1. The van der Waals surface area contributed by atoms with Crippen LogP contribution in [0.4, 0.5) is 0 Å². The summed E-state index contributed by atoms with van der Waals surface area (Å²) < 4.78 is 0. The van der Waals surface area contributed by atoms with Crippen molar-refractivity contribution in [3.63, 3.8) is 0 Å². The van der Waals surface area contributed by atoms with Crippen LogP contribution in [0.3, 0.4) is 0 Å². The normalized spacial score (nSPS) is 13.0. The molecule has 0 heterocycles. The number of aliphatic carboxylic acids is 1. The van der Waals surface area contributed by atoms with Crippen LogP contribution in [0.25, 0.3) is 0 Å². The molecule has 0 aliphatic rings. The molecule has 0 rings (SSSR count). The van der Waals surface area contributed by atoms with Gasteiger partial charge in [-0.3, -0.25) is 4.79 Å². The van der Waals surface area contributed by atoms with Gasteiger partial charge in [0.25, 0.3) is 0 Å². The Hall–Kier alpha value is -1.09. The summed E-state index contributed by atoms with van der Waals surface area (Å²) in [6.45, 7) is 2.23. The maximum absolute atomic E-state index is 10.4. The number of unbranched alkanes of at least 4 members (excludes halogenated alkanes) is 10. The van der Waals surface area contributed by atoms with Gasteiger partial charge in [-0.2, -0.15) is 0 Å². The van der Waals surface area contributed by atoms with Crippen molar-refractivity contribution in [2.24, 2.45) is 0 Å². The van der Waals surface area contributed by atoms with Crippen LogP contribution >= 0.6 is 0 Å². The average molecular weight is 367 g/mol. The quantitative estimate of drug-likeness (QED) is 0.195. The predicted molar refractivity (Wildman–Crippen MR) is 111 cm³/mol. The van der Waals surface area contributed by atoms with E-state index in [9.17, 15) is 9.90 Å². The van der Waals surface area contributed by atoms with Crippen molar-refractivity contribution in [3.05, 3.63) is 24.3 Å².